The number of carbonyl (C=O) groups is 1. The highest BCUT2D eigenvalue weighted by Gasteiger charge is 2.39. The number of carbonyl (C=O) groups excluding carboxylic acids is 1. The Morgan fingerprint density at radius 1 is 1.06 bits per heavy atom. The summed E-state index contributed by atoms with van der Waals surface area (Å²) in [4.78, 5) is 15.4. The van der Waals surface area contributed by atoms with Crippen LogP contribution >= 0.6 is 11.3 Å². The second-order valence-corrected chi connectivity index (χ2v) is 11.0. The van der Waals surface area contributed by atoms with Gasteiger partial charge in [0.15, 0.2) is 11.5 Å². The predicted octanol–water partition coefficient (Wildman–Crippen LogP) is 3.11. The van der Waals surface area contributed by atoms with E-state index in [1.54, 1.807) is 23.5 Å². The molecule has 1 aromatic heterocycles. The Bertz CT molecular complexity index is 1040. The van der Waals surface area contributed by atoms with Crippen LogP contribution in [0.4, 0.5) is 0 Å². The number of nitrogens with zero attached hydrogens (tertiary/aromatic N) is 2. The summed E-state index contributed by atoms with van der Waals surface area (Å²) < 4.78 is 38.8. The van der Waals surface area contributed by atoms with Crippen molar-refractivity contribution in [1.82, 2.24) is 9.21 Å². The molecule has 0 N–H and O–H groups in total. The van der Waals surface area contributed by atoms with Gasteiger partial charge in [0.1, 0.15) is 13.2 Å². The number of sulfonamides is 1. The van der Waals surface area contributed by atoms with Gasteiger partial charge in [-0.25, -0.2) is 8.42 Å². The van der Waals surface area contributed by atoms with E-state index in [1.807, 2.05) is 10.3 Å². The van der Waals surface area contributed by atoms with Crippen LogP contribution in [0.2, 0.25) is 0 Å². The molecular weight excluding hydrogens is 436 g/mol. The van der Waals surface area contributed by atoms with E-state index in [2.05, 4.69) is 11.4 Å². The number of ether oxygens (including phenoxy) is 2. The van der Waals surface area contributed by atoms with Gasteiger partial charge in [-0.3, -0.25) is 4.79 Å². The number of hydrogen-bond donors (Lipinski definition) is 0. The first-order chi connectivity index (χ1) is 15.0. The van der Waals surface area contributed by atoms with Crippen molar-refractivity contribution in [2.24, 2.45) is 5.92 Å². The van der Waals surface area contributed by atoms with Gasteiger partial charge in [-0.1, -0.05) is 0 Å². The molecule has 2 fully saturated rings. The van der Waals surface area contributed by atoms with Crippen LogP contribution in [-0.2, 0) is 21.4 Å². The van der Waals surface area contributed by atoms with Crippen LogP contribution in [0, 0.1) is 5.92 Å². The molecule has 31 heavy (non-hydrogen) atoms. The van der Waals surface area contributed by atoms with Crippen molar-refractivity contribution in [1.29, 1.82) is 0 Å². The van der Waals surface area contributed by atoms with E-state index < -0.39 is 10.0 Å². The zero-order valence-corrected chi connectivity index (χ0v) is 18.9. The Morgan fingerprint density at radius 3 is 2.48 bits per heavy atom. The number of benzene rings is 1. The number of thiophene rings is 1. The van der Waals surface area contributed by atoms with Crippen LogP contribution in [0.1, 0.15) is 31.2 Å². The van der Waals surface area contributed by atoms with E-state index in [-0.39, 0.29) is 16.7 Å². The highest BCUT2D eigenvalue weighted by molar-refractivity contribution is 7.89. The summed E-state index contributed by atoms with van der Waals surface area (Å²) >= 11 is 1.64. The van der Waals surface area contributed by atoms with Gasteiger partial charge in [0.2, 0.25) is 15.9 Å². The molecule has 0 unspecified atom stereocenters. The maximum Gasteiger partial charge on any atom is 0.243 e. The first-order valence-corrected chi connectivity index (χ1v) is 13.1. The first-order valence-electron chi connectivity index (χ1n) is 10.7. The molecule has 0 spiro atoms. The molecule has 0 atom stereocenters. The van der Waals surface area contributed by atoms with Gasteiger partial charge < -0.3 is 14.4 Å². The molecule has 1 saturated carbocycles. The summed E-state index contributed by atoms with van der Waals surface area (Å²) in [6, 6.07) is 7.16. The van der Waals surface area contributed by atoms with Crippen LogP contribution in [0.3, 0.4) is 0 Å². The van der Waals surface area contributed by atoms with E-state index >= 15 is 0 Å². The lowest BCUT2D eigenvalue weighted by Crippen LogP contribution is -2.44. The van der Waals surface area contributed by atoms with Gasteiger partial charge in [0.05, 0.1) is 4.90 Å². The third-order valence-electron chi connectivity index (χ3n) is 6.16. The van der Waals surface area contributed by atoms with Gasteiger partial charge in [-0.15, -0.1) is 0 Å². The predicted molar refractivity (Wildman–Crippen MR) is 117 cm³/mol. The summed E-state index contributed by atoms with van der Waals surface area (Å²) in [5, 5.41) is 4.12. The van der Waals surface area contributed by atoms with Gasteiger partial charge >= 0.3 is 0 Å². The number of rotatable bonds is 6. The van der Waals surface area contributed by atoms with Crippen LogP contribution < -0.4 is 9.47 Å². The highest BCUT2D eigenvalue weighted by Crippen LogP contribution is 2.35. The van der Waals surface area contributed by atoms with Gasteiger partial charge in [-0.2, -0.15) is 15.6 Å². The largest absolute Gasteiger partial charge is 0.486 e. The second kappa shape index (κ2) is 8.44. The van der Waals surface area contributed by atoms with Gasteiger partial charge in [-0.05, 0) is 60.2 Å². The zero-order valence-electron chi connectivity index (χ0n) is 17.2. The molecule has 9 heteroatoms. The van der Waals surface area contributed by atoms with E-state index in [9.17, 15) is 13.2 Å². The molecule has 2 aromatic rings. The third kappa shape index (κ3) is 4.31. The van der Waals surface area contributed by atoms with Crippen molar-refractivity contribution >= 4 is 27.3 Å². The fraction of sp³-hybridized carbons (Fsp3) is 0.500. The smallest absolute Gasteiger partial charge is 0.243 e. The lowest BCUT2D eigenvalue weighted by atomic mass is 9.96. The minimum atomic E-state index is -3.64. The first kappa shape index (κ1) is 20.8. The van der Waals surface area contributed by atoms with Crippen molar-refractivity contribution < 1.29 is 22.7 Å². The van der Waals surface area contributed by atoms with Crippen molar-refractivity contribution in [2.45, 2.75) is 43.2 Å². The number of piperidine rings is 1. The Morgan fingerprint density at radius 2 is 1.81 bits per heavy atom. The molecule has 3 heterocycles. The summed E-state index contributed by atoms with van der Waals surface area (Å²) in [5.74, 6) is 1.09. The minimum absolute atomic E-state index is 0.119. The number of amides is 1. The summed E-state index contributed by atoms with van der Waals surface area (Å²) in [7, 11) is -3.64. The zero-order chi connectivity index (χ0) is 21.4. The van der Waals surface area contributed by atoms with E-state index in [4.69, 9.17) is 9.47 Å². The van der Waals surface area contributed by atoms with Crippen molar-refractivity contribution in [3.63, 3.8) is 0 Å². The molecule has 1 aromatic carbocycles. The van der Waals surface area contributed by atoms with Crippen molar-refractivity contribution in [3.8, 4) is 11.5 Å². The van der Waals surface area contributed by atoms with Crippen LogP contribution in [0.5, 0.6) is 11.5 Å². The quantitative estimate of drug-likeness (QED) is 0.659. The molecule has 166 valence electrons. The van der Waals surface area contributed by atoms with Crippen LogP contribution in [-0.4, -0.2) is 55.9 Å². The van der Waals surface area contributed by atoms with Gasteiger partial charge in [0, 0.05) is 37.7 Å². The molecule has 0 bridgehead atoms. The maximum absolute atomic E-state index is 13.2. The highest BCUT2D eigenvalue weighted by atomic mass is 32.2. The van der Waals surface area contributed by atoms with Gasteiger partial charge in [0.25, 0.3) is 0 Å². The Balaban J connectivity index is 1.24. The maximum atomic E-state index is 13.2. The normalized spacial score (nSPS) is 19.9. The minimum Gasteiger partial charge on any atom is -0.486 e. The van der Waals surface area contributed by atoms with E-state index in [1.165, 1.54) is 15.9 Å². The molecule has 2 aliphatic heterocycles. The summed E-state index contributed by atoms with van der Waals surface area (Å²) in [6.07, 6.45) is 3.23. The van der Waals surface area contributed by atoms with Crippen LogP contribution in [0.25, 0.3) is 0 Å². The molecule has 1 amide bonds. The second-order valence-electron chi connectivity index (χ2n) is 8.31. The number of hydrogen-bond acceptors (Lipinski definition) is 6. The lowest BCUT2D eigenvalue weighted by molar-refractivity contribution is -0.138. The molecule has 1 saturated heterocycles. The monoisotopic (exact) mass is 462 g/mol. The fourth-order valence-corrected chi connectivity index (χ4v) is 6.41. The van der Waals surface area contributed by atoms with E-state index in [0.717, 1.165) is 12.8 Å². The molecular formula is C22H26N2O5S2. The lowest BCUT2D eigenvalue weighted by Gasteiger charge is -2.34. The molecule has 5 rings (SSSR count). The molecule has 3 aliphatic rings. The van der Waals surface area contributed by atoms with Crippen LogP contribution in [0.15, 0.2) is 39.9 Å². The number of fused-ring (bicyclic) bond motifs is 1. The van der Waals surface area contributed by atoms with Crippen molar-refractivity contribution in [3.05, 3.63) is 40.6 Å². The van der Waals surface area contributed by atoms with Crippen molar-refractivity contribution in [2.75, 3.05) is 26.3 Å². The SMILES string of the molecule is O=C(C1CCN(S(=O)(=O)c2ccc3c(c2)OCCO3)CC1)N(Cc1ccsc1)C1CC1. The summed E-state index contributed by atoms with van der Waals surface area (Å²) in [6.45, 7) is 2.23. The average molecular weight is 463 g/mol. The summed E-state index contributed by atoms with van der Waals surface area (Å²) in [5.41, 5.74) is 1.17. The third-order valence-corrected chi connectivity index (χ3v) is 8.79. The Labute approximate surface area is 186 Å². The Kier molecular flexibility index (Phi) is 5.66. The topological polar surface area (TPSA) is 76.2 Å². The molecule has 1 aliphatic carbocycles. The Hall–Kier alpha value is -2.10. The fourth-order valence-electron chi connectivity index (χ4n) is 4.26. The van der Waals surface area contributed by atoms with E-state index in [0.29, 0.717) is 63.2 Å². The molecule has 7 nitrogen and oxygen atoms in total. The average Bonchev–Trinajstić information content (AvgIpc) is 3.51. The molecule has 0 radical (unpaired) electrons. The standard InChI is InChI=1S/C22H26N2O5S2/c25-22(24(18-1-2-18)14-16-7-12-30-15-16)17-5-8-23(9-6-17)31(26,27)19-3-4-20-21(13-19)29-11-10-28-20/h3-4,7,12-13,15,17-18H,1-2,5-6,8-11,14H2.